The van der Waals surface area contributed by atoms with Gasteiger partial charge in [-0.3, -0.25) is 4.40 Å². The van der Waals surface area contributed by atoms with E-state index in [9.17, 15) is 0 Å². The fourth-order valence-corrected chi connectivity index (χ4v) is 3.92. The number of imidazole rings is 1. The quantitative estimate of drug-likeness (QED) is 0.469. The first-order valence-electron chi connectivity index (χ1n) is 7.57. The van der Waals surface area contributed by atoms with Crippen molar-refractivity contribution in [3.63, 3.8) is 0 Å². The summed E-state index contributed by atoms with van der Waals surface area (Å²) in [6.45, 7) is 0.787. The highest BCUT2D eigenvalue weighted by Gasteiger charge is 2.12. The molecule has 3 aromatic heterocycles. The number of pyridine rings is 1. The van der Waals surface area contributed by atoms with Crippen molar-refractivity contribution in [1.82, 2.24) is 24.1 Å². The van der Waals surface area contributed by atoms with Crippen molar-refractivity contribution in [2.24, 2.45) is 0 Å². The third kappa shape index (κ3) is 3.51. The number of fused-ring (bicyclic) bond motifs is 1. The van der Waals surface area contributed by atoms with Crippen LogP contribution in [0.4, 0.5) is 0 Å². The lowest BCUT2D eigenvalue weighted by Crippen LogP contribution is -2.03. The Hall–Kier alpha value is -2.02. The van der Waals surface area contributed by atoms with E-state index in [4.69, 9.17) is 23.2 Å². The van der Waals surface area contributed by atoms with Gasteiger partial charge >= 0.3 is 0 Å². The number of benzene rings is 1. The summed E-state index contributed by atoms with van der Waals surface area (Å²) < 4.78 is 3.94. The predicted octanol–water partition coefficient (Wildman–Crippen LogP) is 4.57. The van der Waals surface area contributed by atoms with Gasteiger partial charge in [-0.15, -0.1) is 10.2 Å². The average molecular weight is 390 g/mol. The Morgan fingerprint density at radius 3 is 2.76 bits per heavy atom. The summed E-state index contributed by atoms with van der Waals surface area (Å²) in [5, 5.41) is 10.1. The van der Waals surface area contributed by atoms with E-state index in [0.717, 1.165) is 17.5 Å². The number of thioether (sulfide) groups is 1. The molecule has 0 saturated heterocycles. The summed E-state index contributed by atoms with van der Waals surface area (Å²) in [4.78, 5) is 4.46. The Morgan fingerprint density at radius 2 is 1.92 bits per heavy atom. The van der Waals surface area contributed by atoms with Crippen molar-refractivity contribution in [3.05, 3.63) is 76.4 Å². The molecule has 0 atom stereocenters. The monoisotopic (exact) mass is 389 g/mol. The first kappa shape index (κ1) is 16.4. The average Bonchev–Trinajstić information content (AvgIpc) is 3.21. The smallest absolute Gasteiger partial charge is 0.196 e. The van der Waals surface area contributed by atoms with Gasteiger partial charge in [0.2, 0.25) is 0 Å². The van der Waals surface area contributed by atoms with Crippen LogP contribution in [0.1, 0.15) is 11.4 Å². The molecule has 0 N–H and O–H groups in total. The highest BCUT2D eigenvalue weighted by atomic mass is 35.5. The molecule has 4 aromatic rings. The molecule has 8 heteroatoms. The van der Waals surface area contributed by atoms with Crippen molar-refractivity contribution < 1.29 is 0 Å². The molecule has 1 aromatic carbocycles. The molecule has 0 unspecified atom stereocenters. The summed E-state index contributed by atoms with van der Waals surface area (Å²) in [5.74, 6) is 1.64. The molecule has 126 valence electrons. The second-order valence-corrected chi connectivity index (χ2v) is 7.21. The van der Waals surface area contributed by atoms with E-state index >= 15 is 0 Å². The minimum Gasteiger partial charge on any atom is -0.330 e. The van der Waals surface area contributed by atoms with Gasteiger partial charge in [-0.05, 0) is 11.6 Å². The Labute approximate surface area is 158 Å². The van der Waals surface area contributed by atoms with E-state index < -0.39 is 0 Å². The van der Waals surface area contributed by atoms with E-state index in [-0.39, 0.29) is 0 Å². The molecule has 3 heterocycles. The minimum absolute atomic E-state index is 0.484. The number of aromatic nitrogens is 5. The van der Waals surface area contributed by atoms with Crippen LogP contribution in [0, 0.1) is 0 Å². The highest BCUT2D eigenvalue weighted by Crippen LogP contribution is 2.26. The van der Waals surface area contributed by atoms with Crippen LogP contribution < -0.4 is 0 Å². The second-order valence-electron chi connectivity index (χ2n) is 5.43. The van der Waals surface area contributed by atoms with Gasteiger partial charge in [0.1, 0.15) is 5.82 Å². The summed E-state index contributed by atoms with van der Waals surface area (Å²) in [6.07, 6.45) is 5.56. The third-order valence-electron chi connectivity index (χ3n) is 3.72. The molecule has 4 rings (SSSR count). The fraction of sp³-hybridized carbons (Fsp3) is 0.118. The van der Waals surface area contributed by atoms with Crippen molar-refractivity contribution >= 4 is 40.6 Å². The maximum absolute atomic E-state index is 6.16. The van der Waals surface area contributed by atoms with Crippen LogP contribution in [0.5, 0.6) is 0 Å². The van der Waals surface area contributed by atoms with Crippen LogP contribution in [-0.2, 0) is 12.3 Å². The van der Waals surface area contributed by atoms with Crippen molar-refractivity contribution in [2.45, 2.75) is 17.5 Å². The predicted molar refractivity (Wildman–Crippen MR) is 100 cm³/mol. The van der Waals surface area contributed by atoms with Gasteiger partial charge < -0.3 is 4.57 Å². The lowest BCUT2D eigenvalue weighted by molar-refractivity contribution is 0.755. The largest absolute Gasteiger partial charge is 0.330 e. The van der Waals surface area contributed by atoms with Gasteiger partial charge in [0, 0.05) is 25.1 Å². The maximum Gasteiger partial charge on any atom is 0.196 e. The van der Waals surface area contributed by atoms with E-state index in [1.54, 1.807) is 28.4 Å². The third-order valence-corrected chi connectivity index (χ3v) is 5.15. The van der Waals surface area contributed by atoms with Gasteiger partial charge in [-0.1, -0.05) is 65.3 Å². The lowest BCUT2D eigenvalue weighted by Gasteiger charge is -2.07. The van der Waals surface area contributed by atoms with Gasteiger partial charge in [0.15, 0.2) is 10.8 Å². The molecule has 0 spiro atoms. The molecule has 0 aliphatic carbocycles. The Bertz CT molecular complexity index is 1010. The van der Waals surface area contributed by atoms with Crippen LogP contribution in [0.3, 0.4) is 0 Å². The van der Waals surface area contributed by atoms with Crippen LogP contribution in [0.15, 0.2) is 60.1 Å². The van der Waals surface area contributed by atoms with Crippen LogP contribution in [0.2, 0.25) is 10.0 Å². The van der Waals surface area contributed by atoms with E-state index in [1.807, 2.05) is 30.6 Å². The summed E-state index contributed by atoms with van der Waals surface area (Å²) >= 11 is 13.8. The molecule has 0 radical (unpaired) electrons. The van der Waals surface area contributed by atoms with Gasteiger partial charge in [0.25, 0.3) is 0 Å². The normalized spacial score (nSPS) is 11.3. The molecule has 0 bridgehead atoms. The van der Waals surface area contributed by atoms with Crippen molar-refractivity contribution in [3.8, 4) is 0 Å². The number of rotatable bonds is 5. The molecule has 0 saturated carbocycles. The lowest BCUT2D eigenvalue weighted by atomic mass is 10.2. The fourth-order valence-electron chi connectivity index (χ4n) is 2.53. The second kappa shape index (κ2) is 7.07. The summed E-state index contributed by atoms with van der Waals surface area (Å²) in [5.41, 5.74) is 1.83. The Morgan fingerprint density at radius 1 is 1.08 bits per heavy atom. The van der Waals surface area contributed by atoms with E-state index in [2.05, 4.69) is 31.9 Å². The molecule has 0 fully saturated rings. The van der Waals surface area contributed by atoms with Crippen LogP contribution >= 0.6 is 35.0 Å². The van der Waals surface area contributed by atoms with Gasteiger partial charge in [-0.2, -0.15) is 0 Å². The molecular weight excluding hydrogens is 377 g/mol. The SMILES string of the molecule is Clc1cc(Cl)c2nnc(SCc3nccn3Cc3ccccc3)n2c1. The Kier molecular flexibility index (Phi) is 4.65. The van der Waals surface area contributed by atoms with Crippen molar-refractivity contribution in [2.75, 3.05) is 0 Å². The number of nitrogens with zero attached hydrogens (tertiary/aromatic N) is 5. The molecule has 0 amide bonds. The van der Waals surface area contributed by atoms with Gasteiger partial charge in [-0.25, -0.2) is 4.98 Å². The topological polar surface area (TPSA) is 48.0 Å². The first-order chi connectivity index (χ1) is 12.2. The zero-order chi connectivity index (χ0) is 17.2. The first-order valence-corrected chi connectivity index (χ1v) is 9.31. The number of halogens is 2. The molecular formula is C17H13Cl2N5S. The molecule has 25 heavy (non-hydrogen) atoms. The molecule has 5 nitrogen and oxygen atoms in total. The number of hydrogen-bond donors (Lipinski definition) is 0. The summed E-state index contributed by atoms with van der Waals surface area (Å²) in [6, 6.07) is 12.0. The Balaban J connectivity index is 1.54. The van der Waals surface area contributed by atoms with E-state index in [0.29, 0.717) is 21.4 Å². The summed E-state index contributed by atoms with van der Waals surface area (Å²) in [7, 11) is 0. The van der Waals surface area contributed by atoms with Crippen LogP contribution in [-0.4, -0.2) is 24.1 Å². The zero-order valence-electron chi connectivity index (χ0n) is 13.0. The number of hydrogen-bond acceptors (Lipinski definition) is 4. The van der Waals surface area contributed by atoms with Gasteiger partial charge in [0.05, 0.1) is 15.8 Å². The van der Waals surface area contributed by atoms with Crippen LogP contribution in [0.25, 0.3) is 5.65 Å². The zero-order valence-corrected chi connectivity index (χ0v) is 15.3. The van der Waals surface area contributed by atoms with E-state index in [1.165, 1.54) is 5.56 Å². The molecule has 0 aliphatic rings. The minimum atomic E-state index is 0.484. The van der Waals surface area contributed by atoms with Crippen molar-refractivity contribution in [1.29, 1.82) is 0 Å². The highest BCUT2D eigenvalue weighted by molar-refractivity contribution is 7.98. The standard InChI is InChI=1S/C17H13Cl2N5S/c18-13-8-14(19)16-21-22-17(24(16)10-13)25-11-15-20-6-7-23(15)9-12-4-2-1-3-5-12/h1-8,10H,9,11H2. The maximum atomic E-state index is 6.16. The molecule has 0 aliphatic heterocycles.